The van der Waals surface area contributed by atoms with Crippen molar-refractivity contribution in [3.05, 3.63) is 36.5 Å². The van der Waals surface area contributed by atoms with Gasteiger partial charge in [0, 0.05) is 12.8 Å². The molecule has 0 radical (unpaired) electrons. The summed E-state index contributed by atoms with van der Waals surface area (Å²) in [6, 6.07) is 0. The molecule has 9 heteroatoms. The highest BCUT2D eigenvalue weighted by atomic mass is 16.7. The molecule has 0 rings (SSSR count). The molecule has 0 spiro atoms. The van der Waals surface area contributed by atoms with Crippen LogP contribution in [0.1, 0.15) is 264 Å². The molecule has 68 heavy (non-hydrogen) atoms. The van der Waals surface area contributed by atoms with Crippen LogP contribution in [0.25, 0.3) is 0 Å². The van der Waals surface area contributed by atoms with Crippen molar-refractivity contribution in [2.45, 2.75) is 277 Å². The Hall–Kier alpha value is -2.49. The molecular weight excluding hydrogens is 851 g/mol. The Labute approximate surface area is 420 Å². The van der Waals surface area contributed by atoms with Crippen molar-refractivity contribution in [3.63, 3.8) is 0 Å². The summed E-state index contributed by atoms with van der Waals surface area (Å²) in [5.41, 5.74) is 0. The smallest absolute Gasteiger partial charge is 0.361 e. The van der Waals surface area contributed by atoms with Crippen LogP contribution in [-0.2, 0) is 33.3 Å². The number of allylic oxidation sites excluding steroid dienone is 6. The monoisotopic (exact) mass is 961 g/mol. The predicted octanol–water partition coefficient (Wildman–Crippen LogP) is 16.5. The zero-order chi connectivity index (χ0) is 49.9. The van der Waals surface area contributed by atoms with Crippen LogP contribution in [0.3, 0.4) is 0 Å². The van der Waals surface area contributed by atoms with E-state index in [9.17, 15) is 19.5 Å². The fourth-order valence-electron chi connectivity index (χ4n) is 8.20. The summed E-state index contributed by atoms with van der Waals surface area (Å²) in [4.78, 5) is 37.4. The lowest BCUT2D eigenvalue weighted by Crippen LogP contribution is -2.40. The van der Waals surface area contributed by atoms with Gasteiger partial charge in [0.05, 0.1) is 34.4 Å². The standard InChI is InChI=1S/C59H109NO8/c1-6-8-10-12-14-16-18-20-22-24-26-28-30-31-33-35-37-39-41-43-45-47-49-56(61)66-53-55(54-67-59(58(63)64)65-52-51-60(3,4)5)68-57(62)50-48-46-44-42-40-38-36-34-32-29-27-25-23-21-19-17-15-13-11-9-7-2/h19,21,25,27,32,34,55,59H,6-18,20,22-24,26,28-31,33,35-54H2,1-5H3/p+1/b21-19-,27-25-,34-32-. The van der Waals surface area contributed by atoms with Gasteiger partial charge in [-0.3, -0.25) is 9.59 Å². The molecule has 0 aromatic heterocycles. The Morgan fingerprint density at radius 1 is 0.441 bits per heavy atom. The highest BCUT2D eigenvalue weighted by Crippen LogP contribution is 2.17. The predicted molar refractivity (Wildman–Crippen MR) is 286 cm³/mol. The van der Waals surface area contributed by atoms with E-state index in [1.807, 2.05) is 21.1 Å². The molecule has 0 heterocycles. The molecule has 2 atom stereocenters. The van der Waals surface area contributed by atoms with Crippen LogP contribution in [-0.4, -0.2) is 87.4 Å². The normalized spacial score (nSPS) is 13.0. The molecule has 0 aromatic rings. The van der Waals surface area contributed by atoms with Gasteiger partial charge in [-0.2, -0.15) is 0 Å². The van der Waals surface area contributed by atoms with E-state index in [0.29, 0.717) is 23.9 Å². The van der Waals surface area contributed by atoms with Crippen molar-refractivity contribution in [3.8, 4) is 0 Å². The van der Waals surface area contributed by atoms with E-state index in [1.54, 1.807) is 0 Å². The van der Waals surface area contributed by atoms with Crippen molar-refractivity contribution >= 4 is 17.9 Å². The van der Waals surface area contributed by atoms with E-state index in [-0.39, 0.29) is 32.2 Å². The van der Waals surface area contributed by atoms with Crippen LogP contribution >= 0.6 is 0 Å². The van der Waals surface area contributed by atoms with Gasteiger partial charge in [-0.15, -0.1) is 0 Å². The number of unbranched alkanes of at least 4 members (excludes halogenated alkanes) is 32. The van der Waals surface area contributed by atoms with Crippen molar-refractivity contribution < 1.29 is 42.9 Å². The van der Waals surface area contributed by atoms with Crippen LogP contribution < -0.4 is 0 Å². The zero-order valence-corrected chi connectivity index (χ0v) is 45.3. The second-order valence-corrected chi connectivity index (χ2v) is 20.6. The first-order valence-corrected chi connectivity index (χ1v) is 28.7. The van der Waals surface area contributed by atoms with E-state index < -0.39 is 24.3 Å². The second-order valence-electron chi connectivity index (χ2n) is 20.6. The van der Waals surface area contributed by atoms with E-state index in [4.69, 9.17) is 18.9 Å². The van der Waals surface area contributed by atoms with E-state index in [0.717, 1.165) is 57.8 Å². The average Bonchev–Trinajstić information content (AvgIpc) is 3.30. The largest absolute Gasteiger partial charge is 0.477 e. The number of nitrogens with zero attached hydrogens (tertiary/aromatic N) is 1. The number of rotatable bonds is 53. The number of carboxylic acids is 1. The molecule has 0 saturated heterocycles. The fraction of sp³-hybridized carbons (Fsp3) is 0.847. The number of carbonyl (C=O) groups excluding carboxylic acids is 2. The maximum absolute atomic E-state index is 12.9. The van der Waals surface area contributed by atoms with Crippen LogP contribution in [0.2, 0.25) is 0 Å². The summed E-state index contributed by atoms with van der Waals surface area (Å²) in [6.07, 6.45) is 57.9. The summed E-state index contributed by atoms with van der Waals surface area (Å²) in [6.45, 7) is 4.89. The number of aliphatic carboxylic acids is 1. The van der Waals surface area contributed by atoms with Gasteiger partial charge in [-0.05, 0) is 51.4 Å². The van der Waals surface area contributed by atoms with Crippen molar-refractivity contribution in [1.29, 1.82) is 0 Å². The van der Waals surface area contributed by atoms with Crippen molar-refractivity contribution in [2.24, 2.45) is 0 Å². The summed E-state index contributed by atoms with van der Waals surface area (Å²) in [5, 5.41) is 9.69. The molecule has 9 nitrogen and oxygen atoms in total. The van der Waals surface area contributed by atoms with Gasteiger partial charge in [0.2, 0.25) is 0 Å². The van der Waals surface area contributed by atoms with Crippen LogP contribution in [0.5, 0.6) is 0 Å². The van der Waals surface area contributed by atoms with E-state index >= 15 is 0 Å². The van der Waals surface area contributed by atoms with Gasteiger partial charge in [0.1, 0.15) is 13.2 Å². The highest BCUT2D eigenvalue weighted by molar-refractivity contribution is 5.71. The number of likely N-dealkylation sites (N-methyl/N-ethyl adjacent to an activating group) is 1. The molecule has 0 fully saturated rings. The molecule has 0 aliphatic rings. The van der Waals surface area contributed by atoms with Crippen LogP contribution in [0.15, 0.2) is 36.5 Å². The summed E-state index contributed by atoms with van der Waals surface area (Å²) >= 11 is 0. The minimum absolute atomic E-state index is 0.184. The lowest BCUT2D eigenvalue weighted by Gasteiger charge is -2.25. The first kappa shape index (κ1) is 65.5. The first-order valence-electron chi connectivity index (χ1n) is 28.7. The van der Waals surface area contributed by atoms with Gasteiger partial charge in [-0.1, -0.05) is 237 Å². The lowest BCUT2D eigenvalue weighted by molar-refractivity contribution is -0.870. The maximum atomic E-state index is 12.9. The molecule has 1 N–H and O–H groups in total. The van der Waals surface area contributed by atoms with Crippen molar-refractivity contribution in [2.75, 3.05) is 47.5 Å². The third-order valence-corrected chi connectivity index (χ3v) is 12.6. The second kappa shape index (κ2) is 50.9. The molecular formula is C59H110NO8+. The number of quaternary nitrogens is 1. The minimum Gasteiger partial charge on any atom is -0.477 e. The quantitative estimate of drug-likeness (QED) is 0.0211. The van der Waals surface area contributed by atoms with Gasteiger partial charge in [0.25, 0.3) is 6.29 Å². The molecule has 2 unspecified atom stereocenters. The van der Waals surface area contributed by atoms with Gasteiger partial charge in [0.15, 0.2) is 6.10 Å². The number of carboxylic acid groups (broad SMARTS) is 1. The highest BCUT2D eigenvalue weighted by Gasteiger charge is 2.25. The number of ether oxygens (including phenoxy) is 4. The Morgan fingerprint density at radius 2 is 0.794 bits per heavy atom. The third-order valence-electron chi connectivity index (χ3n) is 12.6. The molecule has 0 aliphatic heterocycles. The molecule has 0 aliphatic carbocycles. The van der Waals surface area contributed by atoms with Gasteiger partial charge < -0.3 is 28.5 Å². The molecule has 0 amide bonds. The molecule has 0 saturated carbocycles. The molecule has 398 valence electrons. The van der Waals surface area contributed by atoms with Crippen molar-refractivity contribution in [1.82, 2.24) is 0 Å². The lowest BCUT2D eigenvalue weighted by atomic mass is 10.0. The van der Waals surface area contributed by atoms with Crippen LogP contribution in [0, 0.1) is 0 Å². The summed E-state index contributed by atoms with van der Waals surface area (Å²) in [5.74, 6) is -2.01. The zero-order valence-electron chi connectivity index (χ0n) is 45.3. The number of esters is 2. The minimum atomic E-state index is -1.51. The van der Waals surface area contributed by atoms with E-state index in [1.165, 1.54) is 173 Å². The fourth-order valence-corrected chi connectivity index (χ4v) is 8.20. The summed E-state index contributed by atoms with van der Waals surface area (Å²) in [7, 11) is 5.97. The summed E-state index contributed by atoms with van der Waals surface area (Å²) < 4.78 is 22.9. The molecule has 0 aromatic carbocycles. The Morgan fingerprint density at radius 3 is 1.18 bits per heavy atom. The molecule has 0 bridgehead atoms. The van der Waals surface area contributed by atoms with Crippen LogP contribution in [0.4, 0.5) is 0 Å². The van der Waals surface area contributed by atoms with Gasteiger partial charge >= 0.3 is 17.9 Å². The van der Waals surface area contributed by atoms with Gasteiger partial charge in [-0.25, -0.2) is 4.79 Å². The number of hydrogen-bond acceptors (Lipinski definition) is 7. The Kier molecular flexibility index (Phi) is 49.0. The number of carbonyl (C=O) groups is 3. The average molecular weight is 962 g/mol. The van der Waals surface area contributed by atoms with E-state index in [2.05, 4.69) is 50.3 Å². The maximum Gasteiger partial charge on any atom is 0.361 e. The first-order chi connectivity index (χ1) is 33.1. The Balaban J connectivity index is 4.27. The number of hydrogen-bond donors (Lipinski definition) is 1. The topological polar surface area (TPSA) is 108 Å². The SMILES string of the molecule is CCCCCCC/C=C\C/C=C\C/C=C\CCCCCCCCC(=O)OC(COC(=O)CCCCCCCCCCCCCCCCCCCCCCCC)COC(OCC[N+](C)(C)C)C(=O)O. The Bertz CT molecular complexity index is 1210. The third kappa shape index (κ3) is 51.4.